The first-order valence-corrected chi connectivity index (χ1v) is 15.6. The molecule has 9 nitrogen and oxygen atoms in total. The minimum Gasteiger partial charge on any atom is -0.497 e. The van der Waals surface area contributed by atoms with Gasteiger partial charge in [0.25, 0.3) is 5.91 Å². The average Bonchev–Trinajstić information content (AvgIpc) is 3.46. The molecule has 2 atom stereocenters. The van der Waals surface area contributed by atoms with E-state index in [9.17, 15) is 18.3 Å². The second-order valence-corrected chi connectivity index (χ2v) is 12.8. The molecule has 1 saturated carbocycles. The van der Waals surface area contributed by atoms with E-state index in [0.717, 1.165) is 34.8 Å². The molecule has 1 aliphatic carbocycles. The summed E-state index contributed by atoms with van der Waals surface area (Å²) in [5, 5.41) is 12.6. The molecule has 2 N–H and O–H groups in total. The lowest BCUT2D eigenvalue weighted by atomic mass is 9.93. The highest BCUT2D eigenvalue weighted by Crippen LogP contribution is 2.32. The van der Waals surface area contributed by atoms with Crippen LogP contribution in [0.15, 0.2) is 65.3 Å². The minimum absolute atomic E-state index is 0.0102. The second-order valence-electron chi connectivity index (χ2n) is 9.60. The summed E-state index contributed by atoms with van der Waals surface area (Å²) in [6.07, 6.45) is 5.72. The molecule has 1 fully saturated rings. The highest BCUT2D eigenvalue weighted by molar-refractivity contribution is 14.1. The molecule has 0 bridgehead atoms. The molecule has 0 radical (unpaired) electrons. The number of methoxy groups -OCH3 is 1. The number of nitrogens with one attached hydrogen (secondary N) is 1. The molecule has 4 rings (SSSR count). The van der Waals surface area contributed by atoms with Crippen molar-refractivity contribution in [2.75, 3.05) is 33.4 Å². The van der Waals surface area contributed by atoms with Crippen LogP contribution in [-0.4, -0.2) is 69.5 Å². The van der Waals surface area contributed by atoms with Crippen LogP contribution < -0.4 is 10.1 Å². The first-order valence-electron chi connectivity index (χ1n) is 13.1. The Balaban J connectivity index is 1.44. The third-order valence-electron chi connectivity index (χ3n) is 6.96. The Morgan fingerprint density at radius 2 is 1.79 bits per heavy atom. The van der Waals surface area contributed by atoms with Gasteiger partial charge in [0, 0.05) is 35.0 Å². The monoisotopic (exact) mass is 670 g/mol. The maximum absolute atomic E-state index is 13.2. The quantitative estimate of drug-likeness (QED) is 0.331. The van der Waals surface area contributed by atoms with Gasteiger partial charge in [-0.15, -0.1) is 0 Å². The average molecular weight is 671 g/mol. The molecule has 0 saturated heterocycles. The van der Waals surface area contributed by atoms with Crippen LogP contribution in [-0.2, 0) is 24.3 Å². The van der Waals surface area contributed by atoms with Crippen LogP contribution in [0.4, 0.5) is 0 Å². The Labute approximate surface area is 243 Å². The number of ether oxygens (including phenoxy) is 3. The lowest BCUT2D eigenvalue weighted by Crippen LogP contribution is -2.39. The molecular formula is C28H35IN2O7S. The molecule has 0 spiro atoms. The van der Waals surface area contributed by atoms with Crippen LogP contribution in [0.5, 0.6) is 5.75 Å². The fourth-order valence-corrected chi connectivity index (χ4v) is 6.61. The van der Waals surface area contributed by atoms with Crippen molar-refractivity contribution < 1.29 is 32.5 Å². The third kappa shape index (κ3) is 7.94. The van der Waals surface area contributed by atoms with E-state index >= 15 is 0 Å². The Kier molecular flexibility index (Phi) is 10.6. The number of carbonyl (C=O) groups is 1. The fourth-order valence-electron chi connectivity index (χ4n) is 4.83. The first-order chi connectivity index (χ1) is 18.8. The van der Waals surface area contributed by atoms with Gasteiger partial charge < -0.3 is 24.6 Å². The maximum atomic E-state index is 13.2. The van der Waals surface area contributed by atoms with Crippen LogP contribution in [0.1, 0.15) is 43.6 Å². The number of sulfonamides is 1. The van der Waals surface area contributed by atoms with E-state index in [1.54, 1.807) is 12.1 Å². The number of amides is 1. The topological polar surface area (TPSA) is 114 Å². The Hall–Kier alpha value is -2.19. The van der Waals surface area contributed by atoms with Crippen molar-refractivity contribution in [2.24, 2.45) is 0 Å². The standard InChI is InChI=1S/C28H35IN2O7S/c1-36-24-10-12-25(13-11-24)39(34,35)31(14-16-32)15-17-37-27-19-21(20-6-8-22(29)9-7-20)18-26(38-27)28(33)30-23-4-2-3-5-23/h6-13,18,21,23,27,32H,2-5,14-17,19H2,1H3,(H,30,33)/t21-,27+/m1/s1. The van der Waals surface area contributed by atoms with E-state index in [1.165, 1.54) is 23.5 Å². The molecule has 212 valence electrons. The number of rotatable bonds is 12. The van der Waals surface area contributed by atoms with Crippen LogP contribution in [0.2, 0.25) is 0 Å². The van der Waals surface area contributed by atoms with E-state index in [0.29, 0.717) is 12.2 Å². The molecule has 2 aromatic carbocycles. The highest BCUT2D eigenvalue weighted by atomic mass is 127. The lowest BCUT2D eigenvalue weighted by molar-refractivity contribution is -0.146. The van der Waals surface area contributed by atoms with Gasteiger partial charge in [0.15, 0.2) is 5.76 Å². The maximum Gasteiger partial charge on any atom is 0.286 e. The second kappa shape index (κ2) is 13.9. The summed E-state index contributed by atoms with van der Waals surface area (Å²) in [7, 11) is -2.36. The molecule has 2 aromatic rings. The van der Waals surface area contributed by atoms with E-state index in [1.807, 2.05) is 30.3 Å². The Morgan fingerprint density at radius 1 is 1.10 bits per heavy atom. The summed E-state index contributed by atoms with van der Waals surface area (Å²) < 4.78 is 45.8. The number of halogens is 1. The molecule has 39 heavy (non-hydrogen) atoms. The van der Waals surface area contributed by atoms with Crippen molar-refractivity contribution in [3.8, 4) is 5.75 Å². The van der Waals surface area contributed by atoms with Gasteiger partial charge >= 0.3 is 0 Å². The number of nitrogens with zero attached hydrogens (tertiary/aromatic N) is 1. The summed E-state index contributed by atoms with van der Waals surface area (Å²) >= 11 is 2.25. The third-order valence-corrected chi connectivity index (χ3v) is 9.59. The van der Waals surface area contributed by atoms with E-state index in [-0.39, 0.29) is 54.8 Å². The molecule has 1 amide bonds. The molecule has 11 heteroatoms. The molecule has 1 heterocycles. The van der Waals surface area contributed by atoms with Gasteiger partial charge in [-0.3, -0.25) is 4.79 Å². The van der Waals surface area contributed by atoms with Gasteiger partial charge in [0.05, 0.1) is 25.2 Å². The van der Waals surface area contributed by atoms with Crippen molar-refractivity contribution >= 4 is 38.5 Å². The smallest absolute Gasteiger partial charge is 0.286 e. The lowest BCUT2D eigenvalue weighted by Gasteiger charge is -2.30. The van der Waals surface area contributed by atoms with Crippen LogP contribution in [0, 0.1) is 3.57 Å². The van der Waals surface area contributed by atoms with E-state index in [2.05, 4.69) is 27.9 Å². The van der Waals surface area contributed by atoms with Gasteiger partial charge in [-0.05, 0) is 83.5 Å². The van der Waals surface area contributed by atoms with Crippen LogP contribution in [0.3, 0.4) is 0 Å². The van der Waals surface area contributed by atoms with Crippen molar-refractivity contribution in [3.63, 3.8) is 0 Å². The Bertz CT molecular complexity index is 1230. The minimum atomic E-state index is -3.87. The van der Waals surface area contributed by atoms with Crippen LogP contribution >= 0.6 is 22.6 Å². The zero-order valence-electron chi connectivity index (χ0n) is 21.9. The number of benzene rings is 2. The van der Waals surface area contributed by atoms with Crippen molar-refractivity contribution in [1.82, 2.24) is 9.62 Å². The van der Waals surface area contributed by atoms with Crippen LogP contribution in [0.25, 0.3) is 0 Å². The fraction of sp³-hybridized carbons (Fsp3) is 0.464. The number of aliphatic hydroxyl groups is 1. The number of aliphatic hydroxyl groups excluding tert-OH is 1. The zero-order chi connectivity index (χ0) is 27.8. The van der Waals surface area contributed by atoms with Gasteiger partial charge in [-0.1, -0.05) is 25.0 Å². The number of hydrogen-bond acceptors (Lipinski definition) is 7. The summed E-state index contributed by atoms with van der Waals surface area (Å²) in [5.41, 5.74) is 1.04. The van der Waals surface area contributed by atoms with Gasteiger partial charge in [-0.2, -0.15) is 4.31 Å². The molecule has 2 aliphatic rings. The summed E-state index contributed by atoms with van der Waals surface area (Å²) in [6.45, 7) is -0.380. The normalized spacial score (nSPS) is 19.9. The largest absolute Gasteiger partial charge is 0.497 e. The Morgan fingerprint density at radius 3 is 2.44 bits per heavy atom. The van der Waals surface area contributed by atoms with Gasteiger partial charge in [0.1, 0.15) is 5.75 Å². The van der Waals surface area contributed by atoms with Crippen molar-refractivity contribution in [2.45, 2.75) is 55.2 Å². The molecule has 1 aliphatic heterocycles. The highest BCUT2D eigenvalue weighted by Gasteiger charge is 2.31. The summed E-state index contributed by atoms with van der Waals surface area (Å²) in [6, 6.07) is 14.3. The SMILES string of the molecule is COc1ccc(S(=O)(=O)N(CCO)CCO[C@@H]2C[C@H](c3ccc(I)cc3)C=C(C(=O)NC3CCCC3)O2)cc1. The van der Waals surface area contributed by atoms with Crippen molar-refractivity contribution in [3.05, 3.63) is 69.5 Å². The number of allylic oxidation sites excluding steroid dienone is 1. The van der Waals surface area contributed by atoms with Crippen molar-refractivity contribution in [1.29, 1.82) is 0 Å². The zero-order valence-corrected chi connectivity index (χ0v) is 24.9. The summed E-state index contributed by atoms with van der Waals surface area (Å²) in [5.74, 6) is 0.417. The van der Waals surface area contributed by atoms with E-state index in [4.69, 9.17) is 14.2 Å². The predicted molar refractivity (Wildman–Crippen MR) is 155 cm³/mol. The molecular weight excluding hydrogens is 635 g/mol. The predicted octanol–water partition coefficient (Wildman–Crippen LogP) is 3.77. The molecule has 0 unspecified atom stereocenters. The number of hydrogen-bond donors (Lipinski definition) is 2. The first kappa shape index (κ1) is 29.8. The van der Waals surface area contributed by atoms with Gasteiger partial charge in [0.2, 0.25) is 16.3 Å². The molecule has 0 aromatic heterocycles. The van der Waals surface area contributed by atoms with E-state index < -0.39 is 16.3 Å². The van der Waals surface area contributed by atoms with Gasteiger partial charge in [-0.25, -0.2) is 8.42 Å². The summed E-state index contributed by atoms with van der Waals surface area (Å²) in [4.78, 5) is 13.1. The number of carbonyl (C=O) groups excluding carboxylic acids is 1.